The standard InChI is InChI=1S/C18H20FNO4S/c1-23-17-10-9-13(12-18(17)24-2)25(21,22)20-11-5-8-16(20)14-6-3-4-7-15(14)19/h3-4,6-7,9-10,12,16H,5,8,11H2,1-2H3. The van der Waals surface area contributed by atoms with E-state index in [9.17, 15) is 12.8 Å². The molecule has 0 bridgehead atoms. The largest absolute Gasteiger partial charge is 0.493 e. The number of hydrogen-bond acceptors (Lipinski definition) is 4. The van der Waals surface area contributed by atoms with Gasteiger partial charge in [-0.25, -0.2) is 12.8 Å². The van der Waals surface area contributed by atoms with E-state index in [1.54, 1.807) is 24.3 Å². The average Bonchev–Trinajstić information content (AvgIpc) is 3.11. The molecule has 1 atom stereocenters. The Morgan fingerprint density at radius 1 is 1.08 bits per heavy atom. The summed E-state index contributed by atoms with van der Waals surface area (Å²) in [5, 5.41) is 0. The lowest BCUT2D eigenvalue weighted by molar-refractivity contribution is 0.353. The van der Waals surface area contributed by atoms with E-state index >= 15 is 0 Å². The summed E-state index contributed by atoms with van der Waals surface area (Å²) < 4.78 is 52.1. The quantitative estimate of drug-likeness (QED) is 0.815. The number of halogens is 1. The van der Waals surface area contributed by atoms with E-state index in [4.69, 9.17) is 9.47 Å². The molecule has 0 aromatic heterocycles. The van der Waals surface area contributed by atoms with Crippen molar-refractivity contribution in [1.82, 2.24) is 4.31 Å². The Balaban J connectivity index is 2.00. The third-order valence-electron chi connectivity index (χ3n) is 4.43. The zero-order valence-electron chi connectivity index (χ0n) is 14.1. The Bertz CT molecular complexity index is 869. The van der Waals surface area contributed by atoms with Gasteiger partial charge in [-0.2, -0.15) is 4.31 Å². The molecule has 1 unspecified atom stereocenters. The van der Waals surface area contributed by atoms with E-state index in [0.29, 0.717) is 36.4 Å². The van der Waals surface area contributed by atoms with Crippen molar-refractivity contribution in [2.45, 2.75) is 23.8 Å². The summed E-state index contributed by atoms with van der Waals surface area (Å²) in [5.41, 5.74) is 0.407. The van der Waals surface area contributed by atoms with E-state index in [0.717, 1.165) is 0 Å². The van der Waals surface area contributed by atoms with Crippen LogP contribution in [-0.2, 0) is 10.0 Å². The molecule has 0 spiro atoms. The molecule has 0 saturated carbocycles. The first kappa shape index (κ1) is 17.7. The van der Waals surface area contributed by atoms with Gasteiger partial charge in [-0.1, -0.05) is 18.2 Å². The lowest BCUT2D eigenvalue weighted by Gasteiger charge is -2.25. The Labute approximate surface area is 147 Å². The second-order valence-corrected chi connectivity index (χ2v) is 7.70. The third kappa shape index (κ3) is 3.21. The van der Waals surface area contributed by atoms with Gasteiger partial charge in [0.15, 0.2) is 11.5 Å². The van der Waals surface area contributed by atoms with Crippen LogP contribution >= 0.6 is 0 Å². The highest BCUT2D eigenvalue weighted by atomic mass is 32.2. The molecule has 0 aliphatic carbocycles. The number of ether oxygens (including phenoxy) is 2. The highest BCUT2D eigenvalue weighted by molar-refractivity contribution is 7.89. The zero-order chi connectivity index (χ0) is 18.0. The van der Waals surface area contributed by atoms with Crippen LogP contribution < -0.4 is 9.47 Å². The first-order chi connectivity index (χ1) is 12.0. The van der Waals surface area contributed by atoms with Crippen molar-refractivity contribution in [2.24, 2.45) is 0 Å². The van der Waals surface area contributed by atoms with Crippen molar-refractivity contribution in [1.29, 1.82) is 0 Å². The summed E-state index contributed by atoms with van der Waals surface area (Å²) in [6.07, 6.45) is 1.28. The molecule has 0 amide bonds. The molecule has 1 aliphatic heterocycles. The van der Waals surface area contributed by atoms with E-state index in [-0.39, 0.29) is 10.7 Å². The maximum Gasteiger partial charge on any atom is 0.243 e. The number of hydrogen-bond donors (Lipinski definition) is 0. The molecule has 2 aromatic carbocycles. The molecule has 2 aromatic rings. The highest BCUT2D eigenvalue weighted by Crippen LogP contribution is 2.39. The average molecular weight is 365 g/mol. The SMILES string of the molecule is COc1ccc(S(=O)(=O)N2CCCC2c2ccccc2F)cc1OC. The molecule has 1 saturated heterocycles. The van der Waals surface area contributed by atoms with Crippen LogP contribution in [0.2, 0.25) is 0 Å². The van der Waals surface area contributed by atoms with Crippen molar-refractivity contribution in [3.05, 3.63) is 53.8 Å². The van der Waals surface area contributed by atoms with E-state index in [1.165, 1.54) is 36.7 Å². The zero-order valence-corrected chi connectivity index (χ0v) is 14.9. The van der Waals surface area contributed by atoms with Gasteiger partial charge in [0.05, 0.1) is 25.2 Å². The fourth-order valence-electron chi connectivity index (χ4n) is 3.20. The number of benzene rings is 2. The summed E-state index contributed by atoms with van der Waals surface area (Å²) in [5.74, 6) is 0.403. The molecular formula is C18H20FNO4S. The van der Waals surface area contributed by atoms with E-state index in [1.807, 2.05) is 0 Å². The van der Waals surface area contributed by atoms with Gasteiger partial charge >= 0.3 is 0 Å². The summed E-state index contributed by atoms with van der Waals surface area (Å²) >= 11 is 0. The first-order valence-electron chi connectivity index (χ1n) is 7.97. The minimum atomic E-state index is -3.78. The van der Waals surface area contributed by atoms with Crippen LogP contribution in [-0.4, -0.2) is 33.5 Å². The van der Waals surface area contributed by atoms with E-state index < -0.39 is 16.1 Å². The van der Waals surface area contributed by atoms with Gasteiger partial charge in [0.25, 0.3) is 0 Å². The fourth-order valence-corrected chi connectivity index (χ4v) is 4.89. The molecule has 25 heavy (non-hydrogen) atoms. The van der Waals surface area contributed by atoms with Crippen LogP contribution in [0, 0.1) is 5.82 Å². The summed E-state index contributed by atoms with van der Waals surface area (Å²) in [6, 6.07) is 10.3. The lowest BCUT2D eigenvalue weighted by atomic mass is 10.1. The monoisotopic (exact) mass is 365 g/mol. The second kappa shape index (κ2) is 7.01. The summed E-state index contributed by atoms with van der Waals surface area (Å²) in [6.45, 7) is 0.357. The number of nitrogens with zero attached hydrogens (tertiary/aromatic N) is 1. The maximum absolute atomic E-state index is 14.2. The number of sulfonamides is 1. The van der Waals surface area contributed by atoms with Crippen LogP contribution in [0.3, 0.4) is 0 Å². The van der Waals surface area contributed by atoms with Gasteiger partial charge in [-0.3, -0.25) is 0 Å². The van der Waals surface area contributed by atoms with Gasteiger partial charge in [0.2, 0.25) is 10.0 Å². The van der Waals surface area contributed by atoms with Gasteiger partial charge in [0.1, 0.15) is 5.82 Å². The van der Waals surface area contributed by atoms with Gasteiger partial charge in [0, 0.05) is 18.2 Å². The molecule has 1 fully saturated rings. The molecule has 0 N–H and O–H groups in total. The highest BCUT2D eigenvalue weighted by Gasteiger charge is 2.37. The predicted molar refractivity (Wildman–Crippen MR) is 91.8 cm³/mol. The van der Waals surface area contributed by atoms with Gasteiger partial charge in [-0.15, -0.1) is 0 Å². The van der Waals surface area contributed by atoms with Crippen LogP contribution in [0.15, 0.2) is 47.4 Å². The minimum Gasteiger partial charge on any atom is -0.493 e. The molecule has 3 rings (SSSR count). The topological polar surface area (TPSA) is 55.8 Å². The maximum atomic E-state index is 14.2. The second-order valence-electron chi connectivity index (χ2n) is 5.81. The van der Waals surface area contributed by atoms with Gasteiger partial charge < -0.3 is 9.47 Å². The van der Waals surface area contributed by atoms with Crippen LogP contribution in [0.25, 0.3) is 0 Å². The molecule has 7 heteroatoms. The van der Waals surface area contributed by atoms with Crippen LogP contribution in [0.1, 0.15) is 24.4 Å². The Kier molecular flexibility index (Phi) is 4.96. The van der Waals surface area contributed by atoms with Crippen LogP contribution in [0.4, 0.5) is 4.39 Å². The Hall–Kier alpha value is -2.12. The molecule has 134 valence electrons. The van der Waals surface area contributed by atoms with Crippen molar-refractivity contribution >= 4 is 10.0 Å². The van der Waals surface area contributed by atoms with Crippen molar-refractivity contribution in [3.8, 4) is 11.5 Å². The smallest absolute Gasteiger partial charge is 0.243 e. The summed E-state index contributed by atoms with van der Waals surface area (Å²) in [4.78, 5) is 0.105. The normalized spacial score (nSPS) is 18.3. The summed E-state index contributed by atoms with van der Waals surface area (Å²) in [7, 11) is -0.842. The van der Waals surface area contributed by atoms with Crippen molar-refractivity contribution in [3.63, 3.8) is 0 Å². The Morgan fingerprint density at radius 3 is 2.48 bits per heavy atom. The van der Waals surface area contributed by atoms with E-state index in [2.05, 4.69) is 0 Å². The lowest BCUT2D eigenvalue weighted by Crippen LogP contribution is -2.31. The molecule has 1 heterocycles. The molecular weight excluding hydrogens is 345 g/mol. The molecule has 0 radical (unpaired) electrons. The number of rotatable bonds is 5. The Morgan fingerprint density at radius 2 is 1.80 bits per heavy atom. The minimum absolute atomic E-state index is 0.105. The molecule has 5 nitrogen and oxygen atoms in total. The van der Waals surface area contributed by atoms with Crippen molar-refractivity contribution < 1.29 is 22.3 Å². The first-order valence-corrected chi connectivity index (χ1v) is 9.41. The molecule has 1 aliphatic rings. The third-order valence-corrected chi connectivity index (χ3v) is 6.33. The number of methoxy groups -OCH3 is 2. The van der Waals surface area contributed by atoms with Crippen molar-refractivity contribution in [2.75, 3.05) is 20.8 Å². The van der Waals surface area contributed by atoms with Gasteiger partial charge in [-0.05, 0) is 31.0 Å². The van der Waals surface area contributed by atoms with Crippen LogP contribution in [0.5, 0.6) is 11.5 Å². The fraction of sp³-hybridized carbons (Fsp3) is 0.333. The predicted octanol–water partition coefficient (Wildman–Crippen LogP) is 3.37.